The SMILES string of the molecule is CC(C(=NO)C(C)C(C)(C)C)C(C)(C)C. The quantitative estimate of drug-likeness (QED) is 0.416. The van der Waals surface area contributed by atoms with E-state index >= 15 is 0 Å². The Bertz CT molecular complexity index is 208. The van der Waals surface area contributed by atoms with Gasteiger partial charge in [-0.25, -0.2) is 0 Å². The minimum absolute atomic E-state index is 0.140. The van der Waals surface area contributed by atoms with E-state index in [1.807, 2.05) is 0 Å². The molecule has 0 aromatic rings. The molecule has 1 N–H and O–H groups in total. The number of hydrogen-bond donors (Lipinski definition) is 1. The molecule has 2 nitrogen and oxygen atoms in total. The van der Waals surface area contributed by atoms with Gasteiger partial charge in [-0.05, 0) is 10.8 Å². The smallest absolute Gasteiger partial charge is 0.0637 e. The third-order valence-corrected chi connectivity index (χ3v) is 3.60. The first-order valence-corrected chi connectivity index (χ1v) is 5.73. The molecule has 0 aromatic carbocycles. The monoisotopic (exact) mass is 213 g/mol. The third kappa shape index (κ3) is 3.84. The van der Waals surface area contributed by atoms with Gasteiger partial charge in [-0.1, -0.05) is 60.5 Å². The fourth-order valence-corrected chi connectivity index (χ4v) is 1.44. The number of nitrogens with zero attached hydrogens (tertiary/aromatic N) is 1. The summed E-state index contributed by atoms with van der Waals surface area (Å²) in [6.45, 7) is 17.3. The number of rotatable bonds is 2. The second kappa shape index (κ2) is 4.54. The van der Waals surface area contributed by atoms with Gasteiger partial charge in [0.05, 0.1) is 5.71 Å². The Kier molecular flexibility index (Phi) is 4.38. The first kappa shape index (κ1) is 14.5. The Hall–Kier alpha value is -0.530. The molecule has 90 valence electrons. The van der Waals surface area contributed by atoms with Crippen LogP contribution in [-0.4, -0.2) is 10.9 Å². The summed E-state index contributed by atoms with van der Waals surface area (Å²) in [5.41, 5.74) is 1.19. The largest absolute Gasteiger partial charge is 0.411 e. The van der Waals surface area contributed by atoms with Crippen molar-refractivity contribution in [2.45, 2.75) is 55.4 Å². The molecule has 15 heavy (non-hydrogen) atoms. The van der Waals surface area contributed by atoms with E-state index in [1.165, 1.54) is 0 Å². The third-order valence-electron chi connectivity index (χ3n) is 3.60. The van der Waals surface area contributed by atoms with Crippen molar-refractivity contribution < 1.29 is 5.21 Å². The standard InChI is InChI=1S/C13H27NO/c1-9(12(3,4)5)11(14-15)10(2)13(6,7)8/h9-10,15H,1-8H3. The molecule has 0 aliphatic rings. The van der Waals surface area contributed by atoms with Crippen LogP contribution >= 0.6 is 0 Å². The zero-order chi connectivity index (χ0) is 12.4. The number of hydrogen-bond acceptors (Lipinski definition) is 2. The molecular weight excluding hydrogens is 186 g/mol. The van der Waals surface area contributed by atoms with Gasteiger partial charge in [0.1, 0.15) is 0 Å². The Labute approximate surface area is 94.8 Å². The average Bonchev–Trinajstić information content (AvgIpc) is 2.01. The van der Waals surface area contributed by atoms with E-state index in [1.54, 1.807) is 0 Å². The van der Waals surface area contributed by atoms with E-state index in [9.17, 15) is 5.21 Å². The highest BCUT2D eigenvalue weighted by atomic mass is 16.4. The Morgan fingerprint density at radius 3 is 1.27 bits per heavy atom. The lowest BCUT2D eigenvalue weighted by atomic mass is 9.69. The molecule has 0 spiro atoms. The molecule has 0 radical (unpaired) electrons. The molecule has 2 atom stereocenters. The van der Waals surface area contributed by atoms with Crippen molar-refractivity contribution in [3.05, 3.63) is 0 Å². The summed E-state index contributed by atoms with van der Waals surface area (Å²) >= 11 is 0. The fraction of sp³-hybridized carbons (Fsp3) is 0.923. The van der Waals surface area contributed by atoms with Crippen LogP contribution in [0.4, 0.5) is 0 Å². The van der Waals surface area contributed by atoms with Crippen LogP contribution in [0.15, 0.2) is 5.16 Å². The lowest BCUT2D eigenvalue weighted by molar-refractivity contribution is 0.253. The predicted octanol–water partition coefficient (Wildman–Crippen LogP) is 4.18. The molecule has 0 amide bonds. The van der Waals surface area contributed by atoms with Gasteiger partial charge in [0.25, 0.3) is 0 Å². The maximum absolute atomic E-state index is 9.18. The summed E-state index contributed by atoms with van der Waals surface area (Å²) < 4.78 is 0. The van der Waals surface area contributed by atoms with Crippen LogP contribution in [0.25, 0.3) is 0 Å². The summed E-state index contributed by atoms with van der Waals surface area (Å²) in [6.07, 6.45) is 0. The van der Waals surface area contributed by atoms with Crippen molar-refractivity contribution in [2.24, 2.45) is 27.8 Å². The molecule has 2 heteroatoms. The predicted molar refractivity (Wildman–Crippen MR) is 66.5 cm³/mol. The molecular formula is C13H27NO. The molecule has 0 bridgehead atoms. The minimum atomic E-state index is 0.140. The highest BCUT2D eigenvalue weighted by Gasteiger charge is 2.33. The average molecular weight is 213 g/mol. The first-order chi connectivity index (χ1) is 6.51. The fourth-order valence-electron chi connectivity index (χ4n) is 1.44. The van der Waals surface area contributed by atoms with Crippen molar-refractivity contribution in [3.8, 4) is 0 Å². The van der Waals surface area contributed by atoms with Crippen LogP contribution in [-0.2, 0) is 0 Å². The molecule has 0 saturated heterocycles. The summed E-state index contributed by atoms with van der Waals surface area (Å²) in [5, 5.41) is 12.7. The maximum Gasteiger partial charge on any atom is 0.0637 e. The topological polar surface area (TPSA) is 32.6 Å². The van der Waals surface area contributed by atoms with Crippen molar-refractivity contribution in [2.75, 3.05) is 0 Å². The normalized spacial score (nSPS) is 17.1. The van der Waals surface area contributed by atoms with Crippen LogP contribution in [0.1, 0.15) is 55.4 Å². The van der Waals surface area contributed by atoms with E-state index in [0.717, 1.165) is 5.71 Å². The van der Waals surface area contributed by atoms with Gasteiger partial charge < -0.3 is 5.21 Å². The molecule has 2 unspecified atom stereocenters. The van der Waals surface area contributed by atoms with Crippen molar-refractivity contribution in [1.82, 2.24) is 0 Å². The summed E-state index contributed by atoms with van der Waals surface area (Å²) in [6, 6.07) is 0. The van der Waals surface area contributed by atoms with Crippen LogP contribution in [0, 0.1) is 22.7 Å². The molecule has 0 fully saturated rings. The zero-order valence-corrected chi connectivity index (χ0v) is 11.5. The lowest BCUT2D eigenvalue weighted by Gasteiger charge is -2.35. The Morgan fingerprint density at radius 2 is 1.13 bits per heavy atom. The van der Waals surface area contributed by atoms with Crippen LogP contribution in [0.2, 0.25) is 0 Å². The van der Waals surface area contributed by atoms with Crippen molar-refractivity contribution in [1.29, 1.82) is 0 Å². The van der Waals surface area contributed by atoms with E-state index in [0.29, 0.717) is 0 Å². The van der Waals surface area contributed by atoms with Gasteiger partial charge in [-0.15, -0.1) is 0 Å². The van der Waals surface area contributed by atoms with Gasteiger partial charge in [0, 0.05) is 11.8 Å². The van der Waals surface area contributed by atoms with Gasteiger partial charge >= 0.3 is 0 Å². The number of oxime groups is 1. The second-order valence-electron chi connectivity index (χ2n) is 6.70. The summed E-state index contributed by atoms with van der Waals surface area (Å²) in [5.74, 6) is 0.577. The zero-order valence-electron chi connectivity index (χ0n) is 11.5. The van der Waals surface area contributed by atoms with Crippen molar-refractivity contribution >= 4 is 5.71 Å². The van der Waals surface area contributed by atoms with Gasteiger partial charge in [-0.2, -0.15) is 0 Å². The summed E-state index contributed by atoms with van der Waals surface area (Å²) in [4.78, 5) is 0. The van der Waals surface area contributed by atoms with E-state index < -0.39 is 0 Å². The molecule has 0 heterocycles. The molecule has 0 aliphatic heterocycles. The van der Waals surface area contributed by atoms with Gasteiger partial charge in [0.15, 0.2) is 0 Å². The lowest BCUT2D eigenvalue weighted by Crippen LogP contribution is -2.35. The molecule has 0 rings (SSSR count). The Balaban J connectivity index is 4.97. The first-order valence-electron chi connectivity index (χ1n) is 5.73. The molecule has 0 aliphatic carbocycles. The van der Waals surface area contributed by atoms with Crippen LogP contribution in [0.5, 0.6) is 0 Å². The highest BCUT2D eigenvalue weighted by Crippen LogP contribution is 2.35. The summed E-state index contributed by atoms with van der Waals surface area (Å²) in [7, 11) is 0. The molecule has 0 saturated carbocycles. The Morgan fingerprint density at radius 1 is 0.867 bits per heavy atom. The van der Waals surface area contributed by atoms with E-state index in [-0.39, 0.29) is 22.7 Å². The van der Waals surface area contributed by atoms with E-state index in [2.05, 4.69) is 60.5 Å². The minimum Gasteiger partial charge on any atom is -0.411 e. The highest BCUT2D eigenvalue weighted by molar-refractivity contribution is 5.89. The van der Waals surface area contributed by atoms with Gasteiger partial charge in [0.2, 0.25) is 0 Å². The van der Waals surface area contributed by atoms with E-state index in [4.69, 9.17) is 0 Å². The van der Waals surface area contributed by atoms with Crippen LogP contribution in [0.3, 0.4) is 0 Å². The van der Waals surface area contributed by atoms with Crippen molar-refractivity contribution in [3.63, 3.8) is 0 Å². The second-order valence-corrected chi connectivity index (χ2v) is 6.70. The maximum atomic E-state index is 9.18. The van der Waals surface area contributed by atoms with Gasteiger partial charge in [-0.3, -0.25) is 0 Å². The van der Waals surface area contributed by atoms with Crippen LogP contribution < -0.4 is 0 Å². The molecule has 0 aromatic heterocycles.